The second-order valence-corrected chi connectivity index (χ2v) is 5.30. The molecule has 1 aliphatic rings. The van der Waals surface area contributed by atoms with Crippen LogP contribution in [0.15, 0.2) is 0 Å². The molecule has 1 rings (SSSR count). The van der Waals surface area contributed by atoms with Crippen LogP contribution < -0.4 is 5.32 Å². The molecule has 0 amide bonds. The van der Waals surface area contributed by atoms with E-state index in [2.05, 4.69) is 31.1 Å². The summed E-state index contributed by atoms with van der Waals surface area (Å²) < 4.78 is 0. The second kappa shape index (κ2) is 6.58. The fraction of sp³-hybridized carbons (Fsp3) is 1.00. The van der Waals surface area contributed by atoms with E-state index in [9.17, 15) is 5.11 Å². The van der Waals surface area contributed by atoms with Crippen molar-refractivity contribution in [2.24, 2.45) is 5.92 Å². The molecule has 0 saturated carbocycles. The van der Waals surface area contributed by atoms with E-state index in [0.29, 0.717) is 0 Å². The van der Waals surface area contributed by atoms with Crippen molar-refractivity contribution in [1.29, 1.82) is 0 Å². The number of piperidine rings is 1. The average molecular weight is 228 g/mol. The summed E-state index contributed by atoms with van der Waals surface area (Å²) in [5, 5.41) is 13.1. The molecule has 0 aromatic rings. The van der Waals surface area contributed by atoms with Gasteiger partial charge in [0.1, 0.15) is 0 Å². The van der Waals surface area contributed by atoms with Crippen molar-refractivity contribution in [3.05, 3.63) is 0 Å². The highest BCUT2D eigenvalue weighted by atomic mass is 16.3. The summed E-state index contributed by atoms with van der Waals surface area (Å²) >= 11 is 0. The van der Waals surface area contributed by atoms with Crippen LogP contribution in [0.4, 0.5) is 0 Å². The van der Waals surface area contributed by atoms with Crippen LogP contribution in [0.2, 0.25) is 0 Å². The van der Waals surface area contributed by atoms with Gasteiger partial charge in [0.25, 0.3) is 0 Å². The van der Waals surface area contributed by atoms with E-state index in [1.54, 1.807) is 0 Å². The lowest BCUT2D eigenvalue weighted by Crippen LogP contribution is -2.50. The monoisotopic (exact) mass is 228 g/mol. The zero-order valence-corrected chi connectivity index (χ0v) is 11.1. The minimum Gasteiger partial charge on any atom is -0.394 e. The molecule has 0 aromatic heterocycles. The molecule has 16 heavy (non-hydrogen) atoms. The summed E-state index contributed by atoms with van der Waals surface area (Å²) in [4.78, 5) is 2.41. The normalized spacial score (nSPS) is 23.6. The van der Waals surface area contributed by atoms with E-state index in [-0.39, 0.29) is 12.1 Å². The highest BCUT2D eigenvalue weighted by Gasteiger charge is 2.26. The molecule has 3 heteroatoms. The Bertz CT molecular complexity index is 184. The third-order valence-corrected chi connectivity index (χ3v) is 4.14. The van der Waals surface area contributed by atoms with Gasteiger partial charge in [-0.2, -0.15) is 0 Å². The number of nitrogens with one attached hydrogen (secondary N) is 1. The van der Waals surface area contributed by atoms with Crippen molar-refractivity contribution in [3.8, 4) is 0 Å². The molecule has 1 atom stereocenters. The maximum absolute atomic E-state index is 9.49. The molecule has 0 aliphatic carbocycles. The Morgan fingerprint density at radius 3 is 2.56 bits per heavy atom. The Labute approximate surface area is 100 Å². The predicted octanol–water partition coefficient (Wildman–Crippen LogP) is 1.47. The number of likely N-dealkylation sites (tertiary alicyclic amines) is 1. The third kappa shape index (κ3) is 3.72. The minimum atomic E-state index is -0.0456. The molecule has 1 fully saturated rings. The lowest BCUT2D eigenvalue weighted by atomic mass is 9.91. The van der Waals surface area contributed by atoms with Crippen LogP contribution in [0.25, 0.3) is 0 Å². The topological polar surface area (TPSA) is 35.5 Å². The zero-order valence-electron chi connectivity index (χ0n) is 11.1. The number of nitrogens with zero attached hydrogens (tertiary/aromatic N) is 1. The molecule has 96 valence electrons. The molecule has 1 heterocycles. The molecular formula is C13H28N2O. The summed E-state index contributed by atoms with van der Waals surface area (Å²) in [6.45, 7) is 8.04. The van der Waals surface area contributed by atoms with Gasteiger partial charge in [0, 0.05) is 12.1 Å². The first-order chi connectivity index (χ1) is 7.65. The van der Waals surface area contributed by atoms with Crippen LogP contribution in [0, 0.1) is 5.92 Å². The molecule has 1 aliphatic heterocycles. The third-order valence-electron chi connectivity index (χ3n) is 4.14. The van der Waals surface area contributed by atoms with Crippen LogP contribution in [-0.4, -0.2) is 48.8 Å². The van der Waals surface area contributed by atoms with E-state index in [4.69, 9.17) is 0 Å². The van der Waals surface area contributed by atoms with Gasteiger partial charge in [0.2, 0.25) is 0 Å². The number of hydrogen-bond donors (Lipinski definition) is 2. The molecule has 1 saturated heterocycles. The standard InChI is InChI=1S/C13H28N2O/c1-4-13(5-2,11-16)14-9-12-7-6-8-15(3)10-12/h12,14,16H,4-11H2,1-3H3. The molecule has 3 nitrogen and oxygen atoms in total. The maximum Gasteiger partial charge on any atom is 0.0613 e. The van der Waals surface area contributed by atoms with Gasteiger partial charge in [-0.25, -0.2) is 0 Å². The van der Waals surface area contributed by atoms with Gasteiger partial charge in [-0.15, -0.1) is 0 Å². The summed E-state index contributed by atoms with van der Waals surface area (Å²) in [5.74, 6) is 0.753. The fourth-order valence-electron chi connectivity index (χ4n) is 2.58. The Morgan fingerprint density at radius 2 is 2.06 bits per heavy atom. The van der Waals surface area contributed by atoms with Crippen molar-refractivity contribution in [2.75, 3.05) is 33.3 Å². The highest BCUT2D eigenvalue weighted by Crippen LogP contribution is 2.18. The summed E-state index contributed by atoms with van der Waals surface area (Å²) in [6, 6.07) is 0. The smallest absolute Gasteiger partial charge is 0.0613 e. The van der Waals surface area contributed by atoms with Crippen LogP contribution in [0.5, 0.6) is 0 Å². The van der Waals surface area contributed by atoms with Gasteiger partial charge in [0.15, 0.2) is 0 Å². The van der Waals surface area contributed by atoms with Crippen LogP contribution in [0.1, 0.15) is 39.5 Å². The first-order valence-electron chi connectivity index (χ1n) is 6.70. The number of aliphatic hydroxyl groups is 1. The van der Waals surface area contributed by atoms with Gasteiger partial charge >= 0.3 is 0 Å². The SMILES string of the molecule is CCC(CC)(CO)NCC1CCCN(C)C1. The van der Waals surface area contributed by atoms with Gasteiger partial charge in [-0.3, -0.25) is 0 Å². The number of aliphatic hydroxyl groups excluding tert-OH is 1. The van der Waals surface area contributed by atoms with Crippen LogP contribution in [-0.2, 0) is 0 Å². The molecule has 1 unspecified atom stereocenters. The van der Waals surface area contributed by atoms with E-state index in [1.165, 1.54) is 25.9 Å². The summed E-state index contributed by atoms with van der Waals surface area (Å²) in [6.07, 6.45) is 4.64. The largest absolute Gasteiger partial charge is 0.394 e. The first-order valence-corrected chi connectivity index (χ1v) is 6.70. The average Bonchev–Trinajstić information content (AvgIpc) is 2.32. The Hall–Kier alpha value is -0.120. The number of hydrogen-bond acceptors (Lipinski definition) is 3. The quantitative estimate of drug-likeness (QED) is 0.722. The van der Waals surface area contributed by atoms with Gasteiger partial charge in [-0.05, 0) is 51.7 Å². The van der Waals surface area contributed by atoms with Crippen LogP contribution in [0.3, 0.4) is 0 Å². The van der Waals surface area contributed by atoms with Gasteiger partial charge < -0.3 is 15.3 Å². The van der Waals surface area contributed by atoms with E-state index >= 15 is 0 Å². The minimum absolute atomic E-state index is 0.0456. The molecule has 0 radical (unpaired) electrons. The van der Waals surface area contributed by atoms with Gasteiger partial charge in [-0.1, -0.05) is 13.8 Å². The Morgan fingerprint density at radius 1 is 1.38 bits per heavy atom. The van der Waals surface area contributed by atoms with Crippen molar-refractivity contribution in [1.82, 2.24) is 10.2 Å². The predicted molar refractivity (Wildman–Crippen MR) is 68.6 cm³/mol. The zero-order chi connectivity index (χ0) is 12.0. The summed E-state index contributed by atoms with van der Waals surface area (Å²) in [7, 11) is 2.20. The lowest BCUT2D eigenvalue weighted by Gasteiger charge is -2.35. The molecule has 2 N–H and O–H groups in total. The Kier molecular flexibility index (Phi) is 5.73. The lowest BCUT2D eigenvalue weighted by molar-refractivity contribution is 0.132. The second-order valence-electron chi connectivity index (χ2n) is 5.30. The van der Waals surface area contributed by atoms with E-state index in [0.717, 1.165) is 25.3 Å². The van der Waals surface area contributed by atoms with Gasteiger partial charge in [0.05, 0.1) is 6.61 Å². The van der Waals surface area contributed by atoms with Crippen LogP contribution >= 0.6 is 0 Å². The first kappa shape index (κ1) is 13.9. The molecule has 0 spiro atoms. The van der Waals surface area contributed by atoms with Crippen molar-refractivity contribution in [2.45, 2.75) is 45.1 Å². The molecular weight excluding hydrogens is 200 g/mol. The highest BCUT2D eigenvalue weighted by molar-refractivity contribution is 4.86. The van der Waals surface area contributed by atoms with Crippen molar-refractivity contribution >= 4 is 0 Å². The number of rotatable bonds is 6. The van der Waals surface area contributed by atoms with E-state index in [1.807, 2.05) is 0 Å². The van der Waals surface area contributed by atoms with E-state index < -0.39 is 0 Å². The van der Waals surface area contributed by atoms with Crippen molar-refractivity contribution < 1.29 is 5.11 Å². The summed E-state index contributed by atoms with van der Waals surface area (Å²) in [5.41, 5.74) is -0.0456. The molecule has 0 aromatic carbocycles. The molecule has 0 bridgehead atoms. The van der Waals surface area contributed by atoms with Crippen molar-refractivity contribution in [3.63, 3.8) is 0 Å². The maximum atomic E-state index is 9.49. The fourth-order valence-corrected chi connectivity index (χ4v) is 2.58. The Balaban J connectivity index is 2.36.